The molecule has 30 heavy (non-hydrogen) atoms. The van der Waals surface area contributed by atoms with E-state index in [0.29, 0.717) is 36.8 Å². The summed E-state index contributed by atoms with van der Waals surface area (Å²) in [7, 11) is 0. The summed E-state index contributed by atoms with van der Waals surface area (Å²) in [6.07, 6.45) is 8.55. The maximum atomic E-state index is 13.8. The number of aliphatic hydroxyl groups excluding tert-OH is 2. The van der Waals surface area contributed by atoms with Gasteiger partial charge in [0.25, 0.3) is 0 Å². The highest BCUT2D eigenvalue weighted by atomic mass is 19.1. The van der Waals surface area contributed by atoms with Crippen LogP contribution in [0.5, 0.6) is 0 Å². The van der Waals surface area contributed by atoms with Gasteiger partial charge in [-0.1, -0.05) is 18.9 Å². The van der Waals surface area contributed by atoms with Gasteiger partial charge in [0.1, 0.15) is 6.17 Å². The van der Waals surface area contributed by atoms with Crippen LogP contribution in [-0.2, 0) is 4.79 Å². The molecule has 2 saturated carbocycles. The standard InChI is InChI=1S/C24H38FNO4/c1-15(2)26-21-6-4-3-5-20(21)24(16-7-9-17(25)10-8-16)22(26)12-11-18(27)13-19(28)14-23(29)30/h11-12,15-21,27-28H,3-10,13-14H2,1-2H3,(H,29,30)/b12-11+/t16?,17?,18-,19-,20?,21?/m0/s1. The molecule has 0 saturated heterocycles. The van der Waals surface area contributed by atoms with Crippen LogP contribution in [0.1, 0.15) is 78.1 Å². The number of carbonyl (C=O) groups is 1. The predicted molar refractivity (Wildman–Crippen MR) is 115 cm³/mol. The molecule has 0 aromatic rings. The van der Waals surface area contributed by atoms with Crippen molar-refractivity contribution in [2.45, 2.75) is 109 Å². The maximum absolute atomic E-state index is 13.8. The Balaban J connectivity index is 1.85. The Morgan fingerprint density at radius 1 is 1.13 bits per heavy atom. The molecule has 170 valence electrons. The Hall–Kier alpha value is -1.40. The zero-order valence-corrected chi connectivity index (χ0v) is 18.3. The minimum Gasteiger partial charge on any atom is -0.481 e. The number of aliphatic hydroxyl groups is 2. The molecule has 3 aliphatic rings. The molecular weight excluding hydrogens is 385 g/mol. The van der Waals surface area contributed by atoms with E-state index in [-0.39, 0.29) is 12.8 Å². The van der Waals surface area contributed by atoms with Crippen molar-refractivity contribution in [2.24, 2.45) is 11.8 Å². The van der Waals surface area contributed by atoms with Gasteiger partial charge in [-0.05, 0) is 69.9 Å². The topological polar surface area (TPSA) is 81.0 Å². The van der Waals surface area contributed by atoms with Gasteiger partial charge in [0, 0.05) is 30.1 Å². The van der Waals surface area contributed by atoms with Crippen LogP contribution in [0.25, 0.3) is 0 Å². The van der Waals surface area contributed by atoms with E-state index in [1.807, 2.05) is 6.08 Å². The Morgan fingerprint density at radius 2 is 1.80 bits per heavy atom. The number of allylic oxidation sites excluding steroid dienone is 1. The molecule has 4 atom stereocenters. The molecule has 1 aliphatic heterocycles. The van der Waals surface area contributed by atoms with E-state index in [1.165, 1.54) is 37.0 Å². The monoisotopic (exact) mass is 423 g/mol. The average Bonchev–Trinajstić information content (AvgIpc) is 3.00. The molecule has 2 fully saturated rings. The smallest absolute Gasteiger partial charge is 0.305 e. The normalized spacial score (nSPS) is 32.0. The van der Waals surface area contributed by atoms with Gasteiger partial charge >= 0.3 is 5.97 Å². The van der Waals surface area contributed by atoms with E-state index in [2.05, 4.69) is 18.7 Å². The van der Waals surface area contributed by atoms with Crippen LogP contribution in [-0.4, -0.2) is 56.7 Å². The fraction of sp³-hybridized carbons (Fsp3) is 0.792. The van der Waals surface area contributed by atoms with Crippen molar-refractivity contribution in [1.29, 1.82) is 0 Å². The lowest BCUT2D eigenvalue weighted by atomic mass is 9.73. The van der Waals surface area contributed by atoms with Gasteiger partial charge in [-0.15, -0.1) is 0 Å². The van der Waals surface area contributed by atoms with Crippen molar-refractivity contribution in [1.82, 2.24) is 4.90 Å². The van der Waals surface area contributed by atoms with E-state index in [0.717, 1.165) is 12.8 Å². The number of hydrogen-bond donors (Lipinski definition) is 3. The van der Waals surface area contributed by atoms with E-state index >= 15 is 0 Å². The first kappa shape index (κ1) is 23.3. The fourth-order valence-electron chi connectivity index (χ4n) is 5.89. The number of carboxylic acids is 1. The van der Waals surface area contributed by atoms with E-state index < -0.39 is 24.3 Å². The Labute approximate surface area is 179 Å². The second-order valence-electron chi connectivity index (χ2n) is 9.66. The zero-order chi connectivity index (χ0) is 21.8. The fourth-order valence-corrected chi connectivity index (χ4v) is 5.89. The lowest BCUT2D eigenvalue weighted by Gasteiger charge is -2.38. The van der Waals surface area contributed by atoms with Gasteiger partial charge in [-0.2, -0.15) is 0 Å². The number of hydrogen-bond acceptors (Lipinski definition) is 4. The first-order valence-corrected chi connectivity index (χ1v) is 11.7. The van der Waals surface area contributed by atoms with E-state index in [1.54, 1.807) is 6.08 Å². The van der Waals surface area contributed by atoms with E-state index in [4.69, 9.17) is 5.11 Å². The summed E-state index contributed by atoms with van der Waals surface area (Å²) >= 11 is 0. The minimum absolute atomic E-state index is 0.00685. The molecule has 0 aromatic heterocycles. The Kier molecular flexibility index (Phi) is 7.97. The second-order valence-corrected chi connectivity index (χ2v) is 9.66. The average molecular weight is 424 g/mol. The number of rotatable bonds is 8. The van der Waals surface area contributed by atoms with Crippen molar-refractivity contribution >= 4 is 5.97 Å². The third-order valence-corrected chi connectivity index (χ3v) is 7.11. The van der Waals surface area contributed by atoms with Gasteiger partial charge in [0.05, 0.1) is 18.6 Å². The Morgan fingerprint density at radius 3 is 2.43 bits per heavy atom. The van der Waals surface area contributed by atoms with Gasteiger partial charge in [0.2, 0.25) is 0 Å². The molecule has 3 N–H and O–H groups in total. The molecule has 0 aromatic carbocycles. The second kappa shape index (κ2) is 10.3. The summed E-state index contributed by atoms with van der Waals surface area (Å²) in [5, 5.41) is 29.0. The highest BCUT2D eigenvalue weighted by molar-refractivity contribution is 5.67. The highest BCUT2D eigenvalue weighted by Gasteiger charge is 2.44. The van der Waals surface area contributed by atoms with Crippen LogP contribution in [0.3, 0.4) is 0 Å². The summed E-state index contributed by atoms with van der Waals surface area (Å²) in [5.41, 5.74) is 2.63. The third-order valence-electron chi connectivity index (χ3n) is 7.11. The van der Waals surface area contributed by atoms with Crippen LogP contribution in [0.15, 0.2) is 23.4 Å². The maximum Gasteiger partial charge on any atom is 0.305 e. The number of aliphatic carboxylic acids is 1. The highest BCUT2D eigenvalue weighted by Crippen LogP contribution is 2.49. The molecule has 1 heterocycles. The molecule has 2 unspecified atom stereocenters. The summed E-state index contributed by atoms with van der Waals surface area (Å²) < 4.78 is 13.8. The first-order valence-electron chi connectivity index (χ1n) is 11.7. The summed E-state index contributed by atoms with van der Waals surface area (Å²) in [5.74, 6) is -0.157. The van der Waals surface area contributed by atoms with Gasteiger partial charge in [-0.25, -0.2) is 4.39 Å². The quantitative estimate of drug-likeness (QED) is 0.545. The van der Waals surface area contributed by atoms with Crippen molar-refractivity contribution in [2.75, 3.05) is 0 Å². The van der Waals surface area contributed by atoms with Crippen molar-refractivity contribution < 1.29 is 24.5 Å². The van der Waals surface area contributed by atoms with Crippen LogP contribution < -0.4 is 0 Å². The summed E-state index contributed by atoms with van der Waals surface area (Å²) in [4.78, 5) is 13.3. The van der Waals surface area contributed by atoms with Crippen LogP contribution in [0.2, 0.25) is 0 Å². The molecule has 3 rings (SSSR count). The van der Waals surface area contributed by atoms with Crippen LogP contribution in [0, 0.1) is 11.8 Å². The largest absolute Gasteiger partial charge is 0.481 e. The van der Waals surface area contributed by atoms with Crippen LogP contribution >= 0.6 is 0 Å². The number of carboxylic acid groups (broad SMARTS) is 1. The van der Waals surface area contributed by atoms with Gasteiger partial charge < -0.3 is 20.2 Å². The molecule has 6 heteroatoms. The first-order chi connectivity index (χ1) is 14.3. The molecule has 0 radical (unpaired) electrons. The van der Waals surface area contributed by atoms with Crippen LogP contribution in [0.4, 0.5) is 4.39 Å². The zero-order valence-electron chi connectivity index (χ0n) is 18.3. The molecule has 2 aliphatic carbocycles. The Bertz CT molecular complexity index is 654. The van der Waals surface area contributed by atoms with Crippen molar-refractivity contribution in [3.63, 3.8) is 0 Å². The van der Waals surface area contributed by atoms with Crippen molar-refractivity contribution in [3.8, 4) is 0 Å². The van der Waals surface area contributed by atoms with Gasteiger partial charge in [-0.3, -0.25) is 4.79 Å². The predicted octanol–water partition coefficient (Wildman–Crippen LogP) is 4.19. The molecular formula is C24H38FNO4. The molecule has 0 amide bonds. The molecule has 0 spiro atoms. The molecule has 5 nitrogen and oxygen atoms in total. The molecule has 0 bridgehead atoms. The number of nitrogens with zero attached hydrogens (tertiary/aromatic N) is 1. The number of halogens is 1. The minimum atomic E-state index is -1.07. The number of fused-ring (bicyclic) bond motifs is 1. The summed E-state index contributed by atoms with van der Waals surface area (Å²) in [6.45, 7) is 4.40. The summed E-state index contributed by atoms with van der Waals surface area (Å²) in [6, 6.07) is 0.811. The lowest BCUT2D eigenvalue weighted by molar-refractivity contribution is -0.139. The lowest BCUT2D eigenvalue weighted by Crippen LogP contribution is -2.40. The van der Waals surface area contributed by atoms with Crippen molar-refractivity contribution in [3.05, 3.63) is 23.4 Å². The number of alkyl halides is 1. The van der Waals surface area contributed by atoms with Gasteiger partial charge in [0.15, 0.2) is 0 Å². The third kappa shape index (κ3) is 5.44. The SMILES string of the molecule is CC(C)N1C(/C=C/[C@H](O)C[C@H](O)CC(=O)O)=C(C2CCC(F)CC2)C2CCCCC21. The van der Waals surface area contributed by atoms with E-state index in [9.17, 15) is 19.4 Å².